The van der Waals surface area contributed by atoms with Crippen molar-refractivity contribution < 1.29 is 9.53 Å². The number of rotatable bonds is 8. The van der Waals surface area contributed by atoms with Crippen LogP contribution in [-0.4, -0.2) is 55.6 Å². The van der Waals surface area contributed by atoms with E-state index >= 15 is 0 Å². The molecule has 0 saturated carbocycles. The van der Waals surface area contributed by atoms with Gasteiger partial charge >= 0.3 is 0 Å². The van der Waals surface area contributed by atoms with E-state index in [1.807, 2.05) is 36.2 Å². The maximum Gasteiger partial charge on any atom is 0.234 e. The Hall–Kier alpha value is -1.63. The minimum Gasteiger partial charge on any atom is -0.379 e. The van der Waals surface area contributed by atoms with Crippen molar-refractivity contribution in [1.82, 2.24) is 15.1 Å². The van der Waals surface area contributed by atoms with E-state index in [4.69, 9.17) is 27.9 Å². The molecule has 1 aliphatic rings. The lowest BCUT2D eigenvalue weighted by Gasteiger charge is -2.27. The Morgan fingerprint density at radius 3 is 2.55 bits per heavy atom. The molecule has 156 valence electrons. The second kappa shape index (κ2) is 11.0. The van der Waals surface area contributed by atoms with E-state index in [9.17, 15) is 4.79 Å². The fraction of sp³-hybridized carbons (Fsp3) is 0.409. The lowest BCUT2D eigenvalue weighted by atomic mass is 10.1. The first kappa shape index (κ1) is 22.1. The molecule has 7 heteroatoms. The van der Waals surface area contributed by atoms with Crippen LogP contribution in [0.1, 0.15) is 16.7 Å². The molecule has 0 aliphatic carbocycles. The Bertz CT molecular complexity index is 825. The second-order valence-electron chi connectivity index (χ2n) is 7.34. The topological polar surface area (TPSA) is 44.8 Å². The summed E-state index contributed by atoms with van der Waals surface area (Å²) >= 11 is 12.2. The van der Waals surface area contributed by atoms with Gasteiger partial charge in [-0.2, -0.15) is 0 Å². The quantitative estimate of drug-likeness (QED) is 0.687. The predicted molar refractivity (Wildman–Crippen MR) is 117 cm³/mol. The van der Waals surface area contributed by atoms with E-state index in [2.05, 4.69) is 22.3 Å². The number of likely N-dealkylation sites (N-methyl/N-ethyl adjacent to an activating group) is 1. The van der Waals surface area contributed by atoms with Crippen molar-refractivity contribution in [2.24, 2.45) is 0 Å². The molecule has 1 N–H and O–H groups in total. The molecule has 1 saturated heterocycles. The van der Waals surface area contributed by atoms with E-state index in [1.165, 1.54) is 5.56 Å². The molecule has 1 aliphatic heterocycles. The molecule has 1 amide bonds. The molecule has 0 bridgehead atoms. The van der Waals surface area contributed by atoms with E-state index in [1.54, 1.807) is 6.07 Å². The summed E-state index contributed by atoms with van der Waals surface area (Å²) in [7, 11) is 1.90. The highest BCUT2D eigenvalue weighted by molar-refractivity contribution is 6.35. The fourth-order valence-electron chi connectivity index (χ4n) is 3.38. The summed E-state index contributed by atoms with van der Waals surface area (Å²) in [6, 6.07) is 13.7. The smallest absolute Gasteiger partial charge is 0.234 e. The van der Waals surface area contributed by atoms with Crippen LogP contribution in [-0.2, 0) is 29.2 Å². The monoisotopic (exact) mass is 435 g/mol. The van der Waals surface area contributed by atoms with Crippen LogP contribution in [0.25, 0.3) is 0 Å². The van der Waals surface area contributed by atoms with Crippen molar-refractivity contribution in [3.05, 3.63) is 69.2 Å². The number of halogens is 2. The van der Waals surface area contributed by atoms with Crippen molar-refractivity contribution in [2.75, 3.05) is 39.9 Å². The maximum atomic E-state index is 12.4. The van der Waals surface area contributed by atoms with Gasteiger partial charge < -0.3 is 10.1 Å². The zero-order valence-corrected chi connectivity index (χ0v) is 18.2. The van der Waals surface area contributed by atoms with Gasteiger partial charge in [0.25, 0.3) is 0 Å². The van der Waals surface area contributed by atoms with Gasteiger partial charge in [-0.3, -0.25) is 14.6 Å². The van der Waals surface area contributed by atoms with Crippen molar-refractivity contribution in [2.45, 2.75) is 19.6 Å². The summed E-state index contributed by atoms with van der Waals surface area (Å²) in [5.41, 5.74) is 3.34. The Morgan fingerprint density at radius 2 is 1.83 bits per heavy atom. The lowest BCUT2D eigenvalue weighted by Crippen LogP contribution is -2.36. The van der Waals surface area contributed by atoms with Gasteiger partial charge in [-0.05, 0) is 35.9 Å². The maximum absolute atomic E-state index is 12.4. The average Bonchev–Trinajstić information content (AvgIpc) is 2.70. The van der Waals surface area contributed by atoms with Gasteiger partial charge in [-0.1, -0.05) is 53.5 Å². The number of carbonyl (C=O) groups is 1. The number of nitrogens with one attached hydrogen (secondary N) is 1. The van der Waals surface area contributed by atoms with Crippen LogP contribution in [0.15, 0.2) is 42.5 Å². The first-order valence-electron chi connectivity index (χ1n) is 9.77. The lowest BCUT2D eigenvalue weighted by molar-refractivity contribution is -0.122. The predicted octanol–water partition coefficient (Wildman–Crippen LogP) is 3.57. The zero-order valence-electron chi connectivity index (χ0n) is 16.7. The van der Waals surface area contributed by atoms with Crippen LogP contribution in [0.2, 0.25) is 10.0 Å². The van der Waals surface area contributed by atoms with Crippen LogP contribution < -0.4 is 5.32 Å². The van der Waals surface area contributed by atoms with Gasteiger partial charge in [-0.15, -0.1) is 0 Å². The van der Waals surface area contributed by atoms with E-state index in [0.29, 0.717) is 29.7 Å². The first-order valence-corrected chi connectivity index (χ1v) is 10.5. The van der Waals surface area contributed by atoms with E-state index < -0.39 is 0 Å². The molecule has 29 heavy (non-hydrogen) atoms. The zero-order chi connectivity index (χ0) is 20.6. The van der Waals surface area contributed by atoms with Crippen molar-refractivity contribution in [3.8, 4) is 0 Å². The van der Waals surface area contributed by atoms with Crippen LogP contribution in [0.3, 0.4) is 0 Å². The number of morpholine rings is 1. The van der Waals surface area contributed by atoms with Crippen molar-refractivity contribution in [3.63, 3.8) is 0 Å². The fourth-order valence-corrected chi connectivity index (χ4v) is 3.84. The normalized spacial score (nSPS) is 14.9. The van der Waals surface area contributed by atoms with Gasteiger partial charge in [-0.25, -0.2) is 0 Å². The van der Waals surface area contributed by atoms with Crippen LogP contribution >= 0.6 is 23.2 Å². The largest absolute Gasteiger partial charge is 0.379 e. The molecule has 1 heterocycles. The molecule has 0 spiro atoms. The molecule has 2 aromatic carbocycles. The molecule has 2 aromatic rings. The summed E-state index contributed by atoms with van der Waals surface area (Å²) < 4.78 is 5.42. The highest BCUT2D eigenvalue weighted by Gasteiger charge is 2.14. The van der Waals surface area contributed by atoms with Gasteiger partial charge in [0, 0.05) is 42.8 Å². The van der Waals surface area contributed by atoms with E-state index in [0.717, 1.165) is 44.0 Å². The molecular formula is C22H27Cl2N3O2. The number of amides is 1. The number of carbonyl (C=O) groups excluding carboxylic acids is 1. The molecule has 3 rings (SSSR count). The minimum atomic E-state index is -0.0150. The van der Waals surface area contributed by atoms with Crippen molar-refractivity contribution in [1.29, 1.82) is 0 Å². The summed E-state index contributed by atoms with van der Waals surface area (Å²) in [6.45, 7) is 5.73. The third-order valence-electron chi connectivity index (χ3n) is 4.96. The summed E-state index contributed by atoms with van der Waals surface area (Å²) in [5, 5.41) is 4.26. The third kappa shape index (κ3) is 6.98. The number of hydrogen-bond acceptors (Lipinski definition) is 4. The molecular weight excluding hydrogens is 409 g/mol. The minimum absolute atomic E-state index is 0.0150. The number of nitrogens with zero attached hydrogens (tertiary/aromatic N) is 2. The standard InChI is InChI=1S/C22H27Cl2N3O2/c1-26(14-19-6-7-20(23)12-21(19)24)16-22(28)25-13-17-4-2-3-5-18(17)15-27-8-10-29-11-9-27/h2-7,12H,8-11,13-16H2,1H3,(H,25,28). The van der Waals surface area contributed by atoms with Crippen LogP contribution in [0, 0.1) is 0 Å². The Labute approximate surface area is 182 Å². The number of benzene rings is 2. The molecule has 1 fully saturated rings. The van der Waals surface area contributed by atoms with Gasteiger partial charge in [0.15, 0.2) is 0 Å². The first-order chi connectivity index (χ1) is 14.0. The van der Waals surface area contributed by atoms with Gasteiger partial charge in [0.1, 0.15) is 0 Å². The Kier molecular flexibility index (Phi) is 8.33. The Morgan fingerprint density at radius 1 is 1.10 bits per heavy atom. The summed E-state index contributed by atoms with van der Waals surface area (Å²) in [6.07, 6.45) is 0. The molecule has 5 nitrogen and oxygen atoms in total. The highest BCUT2D eigenvalue weighted by Crippen LogP contribution is 2.22. The Balaban J connectivity index is 1.50. The number of hydrogen-bond donors (Lipinski definition) is 1. The van der Waals surface area contributed by atoms with Crippen LogP contribution in [0.4, 0.5) is 0 Å². The molecule has 0 unspecified atom stereocenters. The van der Waals surface area contributed by atoms with Crippen molar-refractivity contribution >= 4 is 29.1 Å². The molecule has 0 radical (unpaired) electrons. The molecule has 0 atom stereocenters. The average molecular weight is 436 g/mol. The number of ether oxygens (including phenoxy) is 1. The summed E-state index contributed by atoms with van der Waals surface area (Å²) in [5.74, 6) is -0.0150. The second-order valence-corrected chi connectivity index (χ2v) is 8.19. The SMILES string of the molecule is CN(CC(=O)NCc1ccccc1CN1CCOCC1)Cc1ccc(Cl)cc1Cl. The highest BCUT2D eigenvalue weighted by atomic mass is 35.5. The van der Waals surface area contributed by atoms with E-state index in [-0.39, 0.29) is 5.91 Å². The third-order valence-corrected chi connectivity index (χ3v) is 5.55. The van der Waals surface area contributed by atoms with Gasteiger partial charge in [0.05, 0.1) is 19.8 Å². The van der Waals surface area contributed by atoms with Gasteiger partial charge in [0.2, 0.25) is 5.91 Å². The molecule has 0 aromatic heterocycles. The summed E-state index contributed by atoms with van der Waals surface area (Å²) in [4.78, 5) is 16.7. The van der Waals surface area contributed by atoms with Crippen LogP contribution in [0.5, 0.6) is 0 Å².